The maximum absolute atomic E-state index is 4.92. The predicted octanol–water partition coefficient (Wildman–Crippen LogP) is 3.03. The molecule has 1 aromatic heterocycles. The Kier molecular flexibility index (Phi) is 4.16. The molecule has 0 unspecified atom stereocenters. The molecule has 1 fully saturated rings. The van der Waals surface area contributed by atoms with Crippen LogP contribution in [0.4, 0.5) is 0 Å². The lowest BCUT2D eigenvalue weighted by Crippen LogP contribution is -2.27. The average molecular weight is 269 g/mol. The van der Waals surface area contributed by atoms with Crippen LogP contribution in [-0.2, 0) is 12.8 Å². The highest BCUT2D eigenvalue weighted by Crippen LogP contribution is 2.27. The van der Waals surface area contributed by atoms with E-state index in [4.69, 9.17) is 4.98 Å². The summed E-state index contributed by atoms with van der Waals surface area (Å²) in [4.78, 5) is 8.46. The first kappa shape index (κ1) is 13.4. The van der Waals surface area contributed by atoms with E-state index in [1.165, 1.54) is 29.8 Å². The van der Waals surface area contributed by atoms with Crippen molar-refractivity contribution in [2.24, 2.45) is 0 Å². The molecule has 3 heteroatoms. The van der Waals surface area contributed by atoms with Gasteiger partial charge < -0.3 is 10.3 Å². The molecule has 1 saturated heterocycles. The van der Waals surface area contributed by atoms with E-state index in [1.54, 1.807) is 0 Å². The van der Waals surface area contributed by atoms with Crippen molar-refractivity contribution < 1.29 is 0 Å². The lowest BCUT2D eigenvalue weighted by atomic mass is 9.93. The molecule has 2 heterocycles. The number of hydrogen-bond donors (Lipinski definition) is 2. The van der Waals surface area contributed by atoms with Gasteiger partial charge in [0.05, 0.1) is 5.69 Å². The minimum Gasteiger partial charge on any atom is -0.345 e. The van der Waals surface area contributed by atoms with Gasteiger partial charge in [-0.2, -0.15) is 0 Å². The third-order valence-electron chi connectivity index (χ3n) is 4.15. The van der Waals surface area contributed by atoms with Crippen LogP contribution in [0.15, 0.2) is 30.3 Å². The van der Waals surface area contributed by atoms with Crippen LogP contribution in [-0.4, -0.2) is 23.1 Å². The van der Waals surface area contributed by atoms with Crippen molar-refractivity contribution in [3.63, 3.8) is 0 Å². The number of aromatic nitrogens is 2. The zero-order valence-electron chi connectivity index (χ0n) is 12.2. The quantitative estimate of drug-likeness (QED) is 0.895. The van der Waals surface area contributed by atoms with Crippen LogP contribution in [0.1, 0.15) is 48.5 Å². The van der Waals surface area contributed by atoms with E-state index in [0.717, 1.165) is 31.8 Å². The average Bonchev–Trinajstić information content (AvgIpc) is 2.92. The van der Waals surface area contributed by atoms with E-state index in [0.29, 0.717) is 5.92 Å². The largest absolute Gasteiger partial charge is 0.345 e. The summed E-state index contributed by atoms with van der Waals surface area (Å²) >= 11 is 0. The molecule has 0 aliphatic carbocycles. The van der Waals surface area contributed by atoms with Crippen LogP contribution < -0.4 is 5.32 Å². The molecule has 2 aromatic rings. The third-order valence-corrected chi connectivity index (χ3v) is 4.15. The lowest BCUT2D eigenvalue weighted by Gasteiger charge is -2.21. The number of nitrogens with zero attached hydrogens (tertiary/aromatic N) is 1. The van der Waals surface area contributed by atoms with Gasteiger partial charge >= 0.3 is 0 Å². The molecule has 0 amide bonds. The van der Waals surface area contributed by atoms with Crippen molar-refractivity contribution in [2.75, 3.05) is 13.1 Å². The number of benzene rings is 1. The number of aryl methyl sites for hydroxylation is 1. The molecule has 20 heavy (non-hydrogen) atoms. The number of H-pyrrole nitrogens is 1. The Bertz CT molecular complexity index is 539. The second-order valence-corrected chi connectivity index (χ2v) is 5.59. The highest BCUT2D eigenvalue weighted by atomic mass is 14.9. The third kappa shape index (κ3) is 2.93. The van der Waals surface area contributed by atoms with Crippen LogP contribution in [0, 0.1) is 0 Å². The summed E-state index contributed by atoms with van der Waals surface area (Å²) in [7, 11) is 0. The topological polar surface area (TPSA) is 40.7 Å². The molecule has 0 atom stereocenters. The van der Waals surface area contributed by atoms with Crippen LogP contribution >= 0.6 is 0 Å². The molecule has 0 radical (unpaired) electrons. The van der Waals surface area contributed by atoms with Crippen LogP contribution in [0.25, 0.3) is 0 Å². The number of aromatic amines is 1. The van der Waals surface area contributed by atoms with E-state index in [-0.39, 0.29) is 0 Å². The Morgan fingerprint density at radius 2 is 1.90 bits per heavy atom. The molecule has 106 valence electrons. The number of rotatable bonds is 4. The number of nitrogens with one attached hydrogen (secondary N) is 2. The summed E-state index contributed by atoms with van der Waals surface area (Å²) in [5.41, 5.74) is 3.98. The summed E-state index contributed by atoms with van der Waals surface area (Å²) in [5.74, 6) is 1.74. The first-order valence-electron chi connectivity index (χ1n) is 7.69. The van der Waals surface area contributed by atoms with Gasteiger partial charge in [0.1, 0.15) is 5.82 Å². The fourth-order valence-corrected chi connectivity index (χ4v) is 3.05. The smallest absolute Gasteiger partial charge is 0.111 e. The van der Waals surface area contributed by atoms with Gasteiger partial charge in [-0.25, -0.2) is 4.98 Å². The van der Waals surface area contributed by atoms with E-state index in [2.05, 4.69) is 47.6 Å². The Morgan fingerprint density at radius 1 is 1.15 bits per heavy atom. The van der Waals surface area contributed by atoms with E-state index in [9.17, 15) is 0 Å². The predicted molar refractivity (Wildman–Crippen MR) is 82.1 cm³/mol. The Morgan fingerprint density at radius 3 is 2.60 bits per heavy atom. The van der Waals surface area contributed by atoms with Crippen molar-refractivity contribution in [1.82, 2.24) is 15.3 Å². The highest BCUT2D eigenvalue weighted by Gasteiger charge is 2.21. The summed E-state index contributed by atoms with van der Waals surface area (Å²) < 4.78 is 0. The van der Waals surface area contributed by atoms with E-state index < -0.39 is 0 Å². The molecule has 1 aliphatic rings. The monoisotopic (exact) mass is 269 g/mol. The Hall–Kier alpha value is -1.61. The zero-order valence-corrected chi connectivity index (χ0v) is 12.2. The summed E-state index contributed by atoms with van der Waals surface area (Å²) in [6.07, 6.45) is 4.37. The normalized spacial score (nSPS) is 16.4. The first-order valence-corrected chi connectivity index (χ1v) is 7.69. The molecule has 0 saturated carbocycles. The standard InChI is InChI=1S/C17H23N3/c1-2-15-17(14-8-10-18-11-9-14)20-16(19-15)12-13-6-4-3-5-7-13/h3-7,14,18H,2,8-12H2,1H3,(H,19,20). The van der Waals surface area contributed by atoms with Gasteiger partial charge in [0.25, 0.3) is 0 Å². The number of piperidine rings is 1. The maximum atomic E-state index is 4.92. The van der Waals surface area contributed by atoms with Gasteiger partial charge in [-0.1, -0.05) is 37.3 Å². The molecule has 1 aromatic carbocycles. The minimum atomic E-state index is 0.631. The van der Waals surface area contributed by atoms with Gasteiger partial charge in [0, 0.05) is 18.0 Å². The molecular weight excluding hydrogens is 246 g/mol. The second kappa shape index (κ2) is 6.23. The minimum absolute atomic E-state index is 0.631. The molecule has 0 bridgehead atoms. The van der Waals surface area contributed by atoms with Crippen molar-refractivity contribution in [1.29, 1.82) is 0 Å². The molecule has 2 N–H and O–H groups in total. The summed E-state index contributed by atoms with van der Waals surface area (Å²) in [6.45, 7) is 4.45. The fourth-order valence-electron chi connectivity index (χ4n) is 3.05. The van der Waals surface area contributed by atoms with Crippen LogP contribution in [0.5, 0.6) is 0 Å². The van der Waals surface area contributed by atoms with Crippen LogP contribution in [0.3, 0.4) is 0 Å². The highest BCUT2D eigenvalue weighted by molar-refractivity contribution is 5.24. The van der Waals surface area contributed by atoms with Crippen LogP contribution in [0.2, 0.25) is 0 Å². The SMILES string of the molecule is CCc1[nH]c(Cc2ccccc2)nc1C1CCNCC1. The van der Waals surface area contributed by atoms with Crippen molar-refractivity contribution >= 4 is 0 Å². The summed E-state index contributed by atoms with van der Waals surface area (Å²) in [6, 6.07) is 10.6. The van der Waals surface area contributed by atoms with Gasteiger partial charge in [-0.05, 0) is 37.9 Å². The molecule has 1 aliphatic heterocycles. The number of imidazole rings is 1. The first-order chi connectivity index (χ1) is 9.86. The van der Waals surface area contributed by atoms with Gasteiger partial charge in [0.15, 0.2) is 0 Å². The van der Waals surface area contributed by atoms with E-state index in [1.807, 2.05) is 0 Å². The Balaban J connectivity index is 1.81. The second-order valence-electron chi connectivity index (χ2n) is 5.59. The molecule has 0 spiro atoms. The number of hydrogen-bond acceptors (Lipinski definition) is 2. The molecular formula is C17H23N3. The van der Waals surface area contributed by atoms with E-state index >= 15 is 0 Å². The van der Waals surface area contributed by atoms with Crippen molar-refractivity contribution in [2.45, 2.75) is 38.5 Å². The van der Waals surface area contributed by atoms with Gasteiger partial charge in [0.2, 0.25) is 0 Å². The van der Waals surface area contributed by atoms with Gasteiger partial charge in [-0.15, -0.1) is 0 Å². The van der Waals surface area contributed by atoms with Crippen molar-refractivity contribution in [3.8, 4) is 0 Å². The molecule has 3 nitrogen and oxygen atoms in total. The Labute approximate surface area is 120 Å². The van der Waals surface area contributed by atoms with Gasteiger partial charge in [-0.3, -0.25) is 0 Å². The summed E-state index contributed by atoms with van der Waals surface area (Å²) in [5, 5.41) is 3.43. The fraction of sp³-hybridized carbons (Fsp3) is 0.471. The van der Waals surface area contributed by atoms with Crippen molar-refractivity contribution in [3.05, 3.63) is 53.1 Å². The lowest BCUT2D eigenvalue weighted by molar-refractivity contribution is 0.452. The zero-order chi connectivity index (χ0) is 13.8. The maximum Gasteiger partial charge on any atom is 0.111 e. The molecule has 3 rings (SSSR count).